The zero-order chi connectivity index (χ0) is 13.7. The summed E-state index contributed by atoms with van der Waals surface area (Å²) in [5.41, 5.74) is 0.784. The van der Waals surface area contributed by atoms with Gasteiger partial charge in [0.1, 0.15) is 0 Å². The van der Waals surface area contributed by atoms with Crippen molar-refractivity contribution in [3.05, 3.63) is 46.8 Å². The number of hydrogen-bond acceptors (Lipinski definition) is 4. The number of nitrogens with one attached hydrogen (secondary N) is 2. The van der Waals surface area contributed by atoms with E-state index in [2.05, 4.69) is 25.9 Å². The van der Waals surface area contributed by atoms with Crippen molar-refractivity contribution in [3.8, 4) is 0 Å². The second-order valence-electron chi connectivity index (χ2n) is 3.86. The molecule has 1 atom stereocenters. The molecule has 0 aliphatic carbocycles. The molecule has 1 unspecified atom stereocenters. The Kier molecular flexibility index (Phi) is 4.25. The molecule has 19 heavy (non-hydrogen) atoms. The number of carbonyl (C=O) groups is 1. The molecule has 0 saturated carbocycles. The first-order chi connectivity index (χ1) is 9.16. The van der Waals surface area contributed by atoms with Crippen molar-refractivity contribution < 1.29 is 4.79 Å². The molecule has 1 amide bonds. The molecule has 0 saturated heterocycles. The van der Waals surface area contributed by atoms with Crippen molar-refractivity contribution in [2.75, 3.05) is 0 Å². The van der Waals surface area contributed by atoms with Crippen molar-refractivity contribution in [1.82, 2.24) is 25.9 Å². The molecule has 0 bridgehead atoms. The predicted octanol–water partition coefficient (Wildman–Crippen LogP) is 1.74. The lowest BCUT2D eigenvalue weighted by Gasteiger charge is -2.07. The number of rotatable bonds is 4. The quantitative estimate of drug-likeness (QED) is 0.834. The Morgan fingerprint density at radius 1 is 1.47 bits per heavy atom. The van der Waals surface area contributed by atoms with Gasteiger partial charge in [-0.05, 0) is 24.6 Å². The summed E-state index contributed by atoms with van der Waals surface area (Å²) in [7, 11) is 0. The monoisotopic (exact) mass is 277 g/mol. The van der Waals surface area contributed by atoms with E-state index in [0.717, 1.165) is 5.56 Å². The molecule has 2 rings (SSSR count). The van der Waals surface area contributed by atoms with E-state index in [4.69, 9.17) is 11.6 Å². The number of tetrazole rings is 1. The third-order valence-corrected chi connectivity index (χ3v) is 2.77. The Morgan fingerprint density at radius 3 is 2.95 bits per heavy atom. The number of amides is 1. The fourth-order valence-electron chi connectivity index (χ4n) is 1.45. The molecule has 98 valence electrons. The predicted molar refractivity (Wildman–Crippen MR) is 71.2 cm³/mol. The Morgan fingerprint density at radius 2 is 2.26 bits per heavy atom. The summed E-state index contributed by atoms with van der Waals surface area (Å²) < 4.78 is 0. The molecule has 2 N–H and O–H groups in total. The van der Waals surface area contributed by atoms with Crippen LogP contribution in [-0.4, -0.2) is 26.5 Å². The third-order valence-electron chi connectivity index (χ3n) is 2.43. The van der Waals surface area contributed by atoms with Crippen LogP contribution < -0.4 is 5.32 Å². The highest BCUT2D eigenvalue weighted by molar-refractivity contribution is 6.32. The van der Waals surface area contributed by atoms with Gasteiger partial charge >= 0.3 is 0 Å². The maximum absolute atomic E-state index is 11.7. The molecule has 0 radical (unpaired) electrons. The summed E-state index contributed by atoms with van der Waals surface area (Å²) in [4.78, 5) is 11.7. The summed E-state index contributed by atoms with van der Waals surface area (Å²) >= 11 is 5.98. The van der Waals surface area contributed by atoms with E-state index >= 15 is 0 Å². The van der Waals surface area contributed by atoms with Crippen LogP contribution in [0.2, 0.25) is 5.02 Å². The SMILES string of the molecule is CC(NC(=O)C=Cc1ccccc1Cl)c1nn[nH]n1. The molecule has 2 aromatic rings. The number of carbonyl (C=O) groups excluding carboxylic acids is 1. The van der Waals surface area contributed by atoms with Crippen LogP contribution in [0.1, 0.15) is 24.4 Å². The van der Waals surface area contributed by atoms with E-state index in [1.165, 1.54) is 6.08 Å². The lowest BCUT2D eigenvalue weighted by atomic mass is 10.2. The van der Waals surface area contributed by atoms with Gasteiger partial charge in [-0.25, -0.2) is 0 Å². The first-order valence-electron chi connectivity index (χ1n) is 5.63. The van der Waals surface area contributed by atoms with Crippen molar-refractivity contribution in [2.45, 2.75) is 13.0 Å². The van der Waals surface area contributed by atoms with Crippen molar-refractivity contribution in [1.29, 1.82) is 0 Å². The second kappa shape index (κ2) is 6.10. The lowest BCUT2D eigenvalue weighted by molar-refractivity contribution is -0.117. The number of H-pyrrole nitrogens is 1. The van der Waals surface area contributed by atoms with Crippen molar-refractivity contribution in [2.24, 2.45) is 0 Å². The van der Waals surface area contributed by atoms with Crippen LogP contribution in [0.25, 0.3) is 6.08 Å². The summed E-state index contributed by atoms with van der Waals surface area (Å²) in [6.07, 6.45) is 3.07. The van der Waals surface area contributed by atoms with Gasteiger partial charge in [-0.1, -0.05) is 35.0 Å². The largest absolute Gasteiger partial charge is 0.343 e. The minimum atomic E-state index is -0.317. The van der Waals surface area contributed by atoms with Crippen LogP contribution in [-0.2, 0) is 4.79 Å². The molecule has 7 heteroatoms. The first-order valence-corrected chi connectivity index (χ1v) is 6.01. The van der Waals surface area contributed by atoms with E-state index < -0.39 is 0 Å². The Bertz CT molecular complexity index is 582. The van der Waals surface area contributed by atoms with Gasteiger partial charge in [0.25, 0.3) is 0 Å². The van der Waals surface area contributed by atoms with Crippen LogP contribution >= 0.6 is 11.6 Å². The maximum Gasteiger partial charge on any atom is 0.244 e. The summed E-state index contributed by atoms with van der Waals surface area (Å²) in [6.45, 7) is 1.77. The van der Waals surface area contributed by atoms with Gasteiger partial charge < -0.3 is 5.32 Å². The van der Waals surface area contributed by atoms with Gasteiger partial charge in [0.15, 0.2) is 5.82 Å². The summed E-state index contributed by atoms with van der Waals surface area (Å²) in [5.74, 6) is 0.178. The normalized spacial score (nSPS) is 12.5. The average Bonchev–Trinajstić information content (AvgIpc) is 2.91. The first kappa shape index (κ1) is 13.2. The standard InChI is InChI=1S/C12H12ClN5O/c1-8(12-15-17-18-16-12)14-11(19)7-6-9-4-2-3-5-10(9)13/h2-8H,1H3,(H,14,19)(H,15,16,17,18). The molecule has 0 fully saturated rings. The Balaban J connectivity index is 1.96. The third kappa shape index (κ3) is 3.62. The van der Waals surface area contributed by atoms with Crippen LogP contribution in [0.3, 0.4) is 0 Å². The van der Waals surface area contributed by atoms with Gasteiger partial charge in [0.05, 0.1) is 6.04 Å². The lowest BCUT2D eigenvalue weighted by Crippen LogP contribution is -2.25. The van der Waals surface area contributed by atoms with Gasteiger partial charge in [0.2, 0.25) is 5.91 Å². The van der Waals surface area contributed by atoms with Gasteiger partial charge in [-0.15, -0.1) is 10.2 Å². The summed E-state index contributed by atoms with van der Waals surface area (Å²) in [6, 6.07) is 6.96. The second-order valence-corrected chi connectivity index (χ2v) is 4.26. The smallest absolute Gasteiger partial charge is 0.244 e. The molecular weight excluding hydrogens is 266 g/mol. The van der Waals surface area contributed by atoms with E-state index in [-0.39, 0.29) is 11.9 Å². The molecule has 0 aliphatic rings. The highest BCUT2D eigenvalue weighted by Crippen LogP contribution is 2.16. The van der Waals surface area contributed by atoms with Crippen LogP contribution in [0.15, 0.2) is 30.3 Å². The fraction of sp³-hybridized carbons (Fsp3) is 0.167. The molecule has 0 aliphatic heterocycles. The van der Waals surface area contributed by atoms with E-state index in [0.29, 0.717) is 10.8 Å². The van der Waals surface area contributed by atoms with E-state index in [1.54, 1.807) is 19.1 Å². The van der Waals surface area contributed by atoms with E-state index in [9.17, 15) is 4.79 Å². The molecule has 1 aromatic carbocycles. The zero-order valence-corrected chi connectivity index (χ0v) is 10.9. The fourth-order valence-corrected chi connectivity index (χ4v) is 1.65. The number of aromatic amines is 1. The van der Waals surface area contributed by atoms with Crippen molar-refractivity contribution in [3.63, 3.8) is 0 Å². The molecule has 1 heterocycles. The topological polar surface area (TPSA) is 83.6 Å². The Hall–Kier alpha value is -2.21. The van der Waals surface area contributed by atoms with E-state index in [1.807, 2.05) is 18.2 Å². The van der Waals surface area contributed by atoms with Crippen LogP contribution in [0.4, 0.5) is 0 Å². The summed E-state index contributed by atoms with van der Waals surface area (Å²) in [5, 5.41) is 16.7. The van der Waals surface area contributed by atoms with Gasteiger partial charge in [-0.2, -0.15) is 5.21 Å². The van der Waals surface area contributed by atoms with Gasteiger partial charge in [-0.3, -0.25) is 4.79 Å². The van der Waals surface area contributed by atoms with Crippen LogP contribution in [0, 0.1) is 0 Å². The number of benzene rings is 1. The molecule has 0 spiro atoms. The highest BCUT2D eigenvalue weighted by Gasteiger charge is 2.11. The molecule has 1 aromatic heterocycles. The number of halogens is 1. The number of hydrogen-bond donors (Lipinski definition) is 2. The molecular formula is C12H12ClN5O. The maximum atomic E-state index is 11.7. The minimum Gasteiger partial charge on any atom is -0.343 e. The minimum absolute atomic E-state index is 0.253. The molecule has 6 nitrogen and oxygen atoms in total. The Labute approximate surface area is 114 Å². The van der Waals surface area contributed by atoms with Gasteiger partial charge in [0, 0.05) is 11.1 Å². The zero-order valence-electron chi connectivity index (χ0n) is 10.2. The number of nitrogens with zero attached hydrogens (tertiary/aromatic N) is 3. The highest BCUT2D eigenvalue weighted by atomic mass is 35.5. The van der Waals surface area contributed by atoms with Crippen molar-refractivity contribution >= 4 is 23.6 Å². The number of aromatic nitrogens is 4. The average molecular weight is 278 g/mol. The van der Waals surface area contributed by atoms with Crippen LogP contribution in [0.5, 0.6) is 0 Å².